The van der Waals surface area contributed by atoms with E-state index < -0.39 is 0 Å². The van der Waals surface area contributed by atoms with Crippen molar-refractivity contribution in [1.29, 1.82) is 0 Å². The topological polar surface area (TPSA) is 0 Å². The molecular weight excluding hydrogens is 533 g/mol. The average Bonchev–Trinajstić information content (AvgIpc) is 3.32. The molecule has 0 fully saturated rings. The molecule has 1 aliphatic carbocycles. The zero-order valence-electron chi connectivity index (χ0n) is 24.6. The molecule has 1 aliphatic rings. The Bertz CT molecular complexity index is 921. The van der Waals surface area contributed by atoms with E-state index in [4.69, 9.17) is 0 Å². The van der Waals surface area contributed by atoms with Crippen LogP contribution < -0.4 is 0 Å². The van der Waals surface area contributed by atoms with Gasteiger partial charge in [0.2, 0.25) is 0 Å². The largest absolute Gasteiger partial charge is 0.226 e. The van der Waals surface area contributed by atoms with E-state index in [1.165, 1.54) is 41.5 Å². The third-order valence-electron chi connectivity index (χ3n) is 4.41. The fourth-order valence-electron chi connectivity index (χ4n) is 3.20. The number of hydrogen-bond donors (Lipinski definition) is 0. The minimum Gasteiger partial charge on any atom is -0.226 e. The maximum absolute atomic E-state index is 3.15. The molecular formula is C37H52Y-2. The number of fused-ring (bicyclic) bond motifs is 3. The third kappa shape index (κ3) is 16.1. The van der Waals surface area contributed by atoms with Gasteiger partial charge < -0.3 is 0 Å². The predicted molar refractivity (Wildman–Crippen MR) is 170 cm³/mol. The van der Waals surface area contributed by atoms with Crippen LogP contribution in [0.15, 0.2) is 97.1 Å². The molecule has 0 N–H and O–H groups in total. The zero-order valence-corrected chi connectivity index (χ0v) is 27.5. The molecule has 4 aromatic carbocycles. The molecule has 0 nitrogen and oxygen atoms in total. The first-order valence-electron chi connectivity index (χ1n) is 13.8. The number of hydrogen-bond acceptors (Lipinski definition) is 0. The van der Waals surface area contributed by atoms with Crippen LogP contribution in [0.1, 0.15) is 93.2 Å². The van der Waals surface area contributed by atoms with Crippen molar-refractivity contribution >= 4 is 0 Å². The molecule has 1 heteroatoms. The molecule has 0 unspecified atom stereocenters. The van der Waals surface area contributed by atoms with Crippen molar-refractivity contribution in [2.75, 3.05) is 0 Å². The van der Waals surface area contributed by atoms with E-state index in [0.29, 0.717) is 0 Å². The Kier molecular flexibility index (Phi) is 29.8. The zero-order chi connectivity index (χ0) is 27.0. The Morgan fingerprint density at radius 3 is 1.08 bits per heavy atom. The molecule has 0 amide bonds. The molecule has 0 saturated carbocycles. The predicted octanol–water partition coefficient (Wildman–Crippen LogP) is 12.1. The molecule has 1 radical (unpaired) electrons. The SMILES string of the molecule is C.CC.CCC.CCC.CCC.[Y].[c-]1ccccc1-c1[c-]cccc1.c1ccc2c(c1)Cc1ccccc1-2. The van der Waals surface area contributed by atoms with Crippen LogP contribution >= 0.6 is 0 Å². The van der Waals surface area contributed by atoms with Crippen LogP contribution in [0.5, 0.6) is 0 Å². The second-order valence-electron chi connectivity index (χ2n) is 8.16. The minimum absolute atomic E-state index is 0. The van der Waals surface area contributed by atoms with Gasteiger partial charge in [-0.1, -0.05) is 131 Å². The quantitative estimate of drug-likeness (QED) is 0.172. The van der Waals surface area contributed by atoms with E-state index in [1.54, 1.807) is 0 Å². The van der Waals surface area contributed by atoms with Gasteiger partial charge in [-0.3, -0.25) is 0 Å². The summed E-state index contributed by atoms with van der Waals surface area (Å²) < 4.78 is 0. The number of rotatable bonds is 1. The first-order chi connectivity index (χ1) is 17.7. The summed E-state index contributed by atoms with van der Waals surface area (Å²) in [5.74, 6) is 0. The first-order valence-corrected chi connectivity index (χ1v) is 13.8. The average molecular weight is 586 g/mol. The van der Waals surface area contributed by atoms with Gasteiger partial charge >= 0.3 is 0 Å². The Morgan fingerprint density at radius 2 is 0.789 bits per heavy atom. The molecule has 0 atom stereocenters. The van der Waals surface area contributed by atoms with Gasteiger partial charge in [0.25, 0.3) is 0 Å². The summed E-state index contributed by atoms with van der Waals surface area (Å²) in [5, 5.41) is 0. The van der Waals surface area contributed by atoms with Crippen LogP contribution in [0.2, 0.25) is 0 Å². The van der Waals surface area contributed by atoms with E-state index in [9.17, 15) is 0 Å². The van der Waals surface area contributed by atoms with Crippen LogP contribution in [0.4, 0.5) is 0 Å². The van der Waals surface area contributed by atoms with E-state index >= 15 is 0 Å². The van der Waals surface area contributed by atoms with E-state index in [1.807, 2.05) is 62.4 Å². The molecule has 4 aromatic rings. The van der Waals surface area contributed by atoms with Crippen molar-refractivity contribution in [3.8, 4) is 22.3 Å². The van der Waals surface area contributed by atoms with Gasteiger partial charge in [-0.25, -0.2) is 11.1 Å². The summed E-state index contributed by atoms with van der Waals surface area (Å²) in [5.41, 5.74) is 7.94. The smallest absolute Gasteiger partial charge is 0 e. The van der Waals surface area contributed by atoms with Crippen LogP contribution in [0, 0.1) is 12.1 Å². The van der Waals surface area contributed by atoms with Crippen LogP contribution in [0.3, 0.4) is 0 Å². The molecule has 0 spiro atoms. The van der Waals surface area contributed by atoms with E-state index in [2.05, 4.69) is 102 Å². The Morgan fingerprint density at radius 1 is 0.500 bits per heavy atom. The van der Waals surface area contributed by atoms with Crippen molar-refractivity contribution in [3.63, 3.8) is 0 Å². The minimum atomic E-state index is 0. The van der Waals surface area contributed by atoms with Gasteiger partial charge in [-0.15, -0.1) is 12.1 Å². The third-order valence-corrected chi connectivity index (χ3v) is 4.41. The first kappa shape index (κ1) is 40.5. The molecule has 0 aliphatic heterocycles. The van der Waals surface area contributed by atoms with Gasteiger partial charge in [0, 0.05) is 32.7 Å². The van der Waals surface area contributed by atoms with Gasteiger partial charge in [0.15, 0.2) is 0 Å². The Hall–Kier alpha value is -2.02. The second-order valence-corrected chi connectivity index (χ2v) is 8.16. The van der Waals surface area contributed by atoms with Crippen LogP contribution in [-0.2, 0) is 39.1 Å². The molecule has 0 saturated heterocycles. The fraction of sp³-hybridized carbons (Fsp3) is 0.351. The summed E-state index contributed by atoms with van der Waals surface area (Å²) >= 11 is 0. The van der Waals surface area contributed by atoms with Crippen molar-refractivity contribution in [3.05, 3.63) is 120 Å². The maximum atomic E-state index is 3.15. The molecule has 5 rings (SSSR count). The Labute approximate surface area is 262 Å². The monoisotopic (exact) mass is 585 g/mol. The summed E-state index contributed by atoms with van der Waals surface area (Å²) in [6, 6.07) is 39.5. The molecule has 38 heavy (non-hydrogen) atoms. The summed E-state index contributed by atoms with van der Waals surface area (Å²) in [4.78, 5) is 0. The van der Waals surface area contributed by atoms with Gasteiger partial charge in [-0.2, -0.15) is 48.5 Å². The van der Waals surface area contributed by atoms with E-state index in [-0.39, 0.29) is 40.1 Å². The fourth-order valence-corrected chi connectivity index (χ4v) is 3.20. The standard InChI is InChI=1S/C13H10.C12H8.3C3H8.C2H6.CH4.Y/c1-3-7-12-10(5-1)9-11-6-2-4-8-13(11)12;1-3-7-11(8-4-1)12-9-5-2-6-10-12;3*1-3-2;1-2;;/h1-8H,9H2;1-7,9H;3*3H2,1-2H3;1-2H3;1H4;/q;-2;;;;;;. The van der Waals surface area contributed by atoms with Crippen LogP contribution in [-0.4, -0.2) is 0 Å². The summed E-state index contributed by atoms with van der Waals surface area (Å²) in [6.07, 6.45) is 4.85. The summed E-state index contributed by atoms with van der Waals surface area (Å²) in [6.45, 7) is 16.8. The molecule has 205 valence electrons. The van der Waals surface area contributed by atoms with Crippen molar-refractivity contribution in [2.24, 2.45) is 0 Å². The number of benzene rings is 4. The Balaban J connectivity index is -0.000000455. The van der Waals surface area contributed by atoms with Crippen molar-refractivity contribution in [2.45, 2.75) is 88.5 Å². The van der Waals surface area contributed by atoms with Gasteiger partial charge in [0.05, 0.1) is 0 Å². The summed E-state index contributed by atoms with van der Waals surface area (Å²) in [7, 11) is 0. The second kappa shape index (κ2) is 28.0. The van der Waals surface area contributed by atoms with Crippen molar-refractivity contribution < 1.29 is 32.7 Å². The van der Waals surface area contributed by atoms with Crippen LogP contribution in [0.25, 0.3) is 22.3 Å². The van der Waals surface area contributed by atoms with Crippen molar-refractivity contribution in [1.82, 2.24) is 0 Å². The molecule has 0 heterocycles. The van der Waals surface area contributed by atoms with E-state index in [0.717, 1.165) is 17.5 Å². The normalized spacial score (nSPS) is 8.84. The molecule has 0 bridgehead atoms. The van der Waals surface area contributed by atoms with Gasteiger partial charge in [-0.05, 0) is 28.7 Å². The molecule has 0 aromatic heterocycles. The maximum Gasteiger partial charge on any atom is 0 e. The van der Waals surface area contributed by atoms with Gasteiger partial charge in [0.1, 0.15) is 0 Å².